The van der Waals surface area contributed by atoms with Crippen molar-refractivity contribution in [2.75, 3.05) is 0 Å². The van der Waals surface area contributed by atoms with Gasteiger partial charge in [-0.1, -0.05) is 81.4 Å². The summed E-state index contributed by atoms with van der Waals surface area (Å²) < 4.78 is 8.56. The third kappa shape index (κ3) is 4.38. The zero-order valence-corrected chi connectivity index (χ0v) is 30.1. The number of aryl methyl sites for hydroxylation is 3. The number of hydrogen-bond donors (Lipinski definition) is 0. The Morgan fingerprint density at radius 3 is 2.24 bits per heavy atom. The van der Waals surface area contributed by atoms with Crippen molar-refractivity contribution in [1.29, 1.82) is 0 Å². The molecule has 8 rings (SSSR count). The van der Waals surface area contributed by atoms with Crippen molar-refractivity contribution in [3.63, 3.8) is 0 Å². The van der Waals surface area contributed by atoms with Gasteiger partial charge in [0.25, 0.3) is 0 Å². The molecule has 0 spiro atoms. The van der Waals surface area contributed by atoms with Crippen LogP contribution in [0, 0.1) is 32.9 Å². The molecular weight excluding hydrogens is 766 g/mol. The molecule has 0 saturated heterocycles. The van der Waals surface area contributed by atoms with E-state index in [2.05, 4.69) is 126 Å². The van der Waals surface area contributed by atoms with E-state index in [0.717, 1.165) is 44.0 Å². The molecule has 0 fully saturated rings. The van der Waals surface area contributed by atoms with Crippen LogP contribution in [0.4, 0.5) is 0 Å². The molecule has 6 aromatic rings. The van der Waals surface area contributed by atoms with Crippen LogP contribution in [0.25, 0.3) is 27.6 Å². The summed E-state index contributed by atoms with van der Waals surface area (Å²) in [6, 6.07) is 35.0. The molecule has 232 valence electrons. The van der Waals surface area contributed by atoms with Gasteiger partial charge < -0.3 is 14.3 Å². The first-order valence-corrected chi connectivity index (χ1v) is 16.3. The number of ether oxygens (including phenoxy) is 1. The molecule has 0 amide bonds. The van der Waals surface area contributed by atoms with Gasteiger partial charge >= 0.3 is 21.1 Å². The van der Waals surface area contributed by atoms with Crippen LogP contribution in [-0.4, -0.2) is 20.1 Å². The van der Waals surface area contributed by atoms with Gasteiger partial charge in [0.05, 0.1) is 15.8 Å². The van der Waals surface area contributed by atoms with Crippen molar-refractivity contribution in [1.82, 2.24) is 9.55 Å². The summed E-state index contributed by atoms with van der Waals surface area (Å²) in [6.45, 7) is 15.6. The third-order valence-electron chi connectivity index (χ3n) is 10.2. The molecule has 46 heavy (non-hydrogen) atoms. The first kappa shape index (κ1) is 31.0. The van der Waals surface area contributed by atoms with Crippen molar-refractivity contribution < 1.29 is 25.8 Å². The number of benzene rings is 4. The Morgan fingerprint density at radius 2 is 1.46 bits per heavy atom. The normalized spacial score (nSPS) is 21.2. The van der Waals surface area contributed by atoms with E-state index in [4.69, 9.17) is 14.7 Å². The predicted octanol–water partition coefficient (Wildman–Crippen LogP) is 9.95. The number of thioether (sulfide) groups is 1. The van der Waals surface area contributed by atoms with Crippen molar-refractivity contribution in [2.45, 2.75) is 64.2 Å². The Labute approximate surface area is 289 Å². The smallest absolute Gasteiger partial charge is 0.503 e. The average Bonchev–Trinajstić information content (AvgIpc) is 3.52. The Hall–Kier alpha value is -3.66. The number of hydrogen-bond acceptors (Lipinski definition) is 4. The van der Waals surface area contributed by atoms with Gasteiger partial charge in [0.1, 0.15) is 5.65 Å². The molecule has 4 nitrogen and oxygen atoms in total. The predicted molar refractivity (Wildman–Crippen MR) is 186 cm³/mol. The Bertz CT molecular complexity index is 2230. The monoisotopic (exact) mass is 800 g/mol. The summed E-state index contributed by atoms with van der Waals surface area (Å²) in [4.78, 5) is 10.3. The molecule has 6 heteroatoms. The van der Waals surface area contributed by atoms with E-state index in [0.29, 0.717) is 11.5 Å². The van der Waals surface area contributed by atoms with Gasteiger partial charge in [0.2, 0.25) is 0 Å². The largest absolute Gasteiger partial charge is 2.00 e. The number of pyridine rings is 1. The molecule has 4 aromatic carbocycles. The standard InChI is InChI=1S/C40H35N3OS.Pt/c1-24-14-15-35-32(21-24)31-11-10-16-41-36(31)43(35)28-18-26(3)20-30(23-28)44-29-19-25(2)17-27(22-29)37-42-40(7)38(4,5)33-12-8-9-13-34(33)39(40,6)45-37;/h8-21H,1-7H3;/q-2;+2/t39-,40+;/m0./s1. The number of rotatable bonds is 4. The van der Waals surface area contributed by atoms with Gasteiger partial charge in [0, 0.05) is 38.9 Å². The topological polar surface area (TPSA) is 39.4 Å². The average molecular weight is 801 g/mol. The molecule has 2 atom stereocenters. The Morgan fingerprint density at radius 1 is 0.739 bits per heavy atom. The van der Waals surface area contributed by atoms with Gasteiger partial charge in [-0.05, 0) is 56.2 Å². The van der Waals surface area contributed by atoms with Crippen LogP contribution in [-0.2, 0) is 31.2 Å². The van der Waals surface area contributed by atoms with Crippen LogP contribution < -0.4 is 4.74 Å². The van der Waals surface area contributed by atoms with Gasteiger partial charge in [0.15, 0.2) is 0 Å². The number of aliphatic imine (C=N–C) groups is 1. The number of fused-ring (bicyclic) bond motifs is 6. The molecule has 2 aliphatic rings. The fraction of sp³-hybridized carbons (Fsp3) is 0.250. The fourth-order valence-corrected chi connectivity index (χ4v) is 9.13. The van der Waals surface area contributed by atoms with E-state index < -0.39 is 0 Å². The van der Waals surface area contributed by atoms with Gasteiger partial charge in [-0.15, -0.1) is 47.2 Å². The van der Waals surface area contributed by atoms with Crippen molar-refractivity contribution in [2.24, 2.45) is 4.99 Å². The van der Waals surface area contributed by atoms with Crippen molar-refractivity contribution >= 4 is 38.7 Å². The SMILES string of the molecule is Cc1cc(Oc2[c-]c(-n3c4ccc(C)cc4c4cccnc43)cc(C)c2)[c-]c(C2=N[C@]3(C)C(C)(C)c4ccccc4[C@]3(C)S2)c1.[Pt+2]. The molecular formula is C40H35N3OPtS. The minimum absolute atomic E-state index is 0. The van der Waals surface area contributed by atoms with E-state index in [1.165, 1.54) is 22.1 Å². The third-order valence-corrected chi connectivity index (χ3v) is 11.8. The van der Waals surface area contributed by atoms with Crippen molar-refractivity contribution in [3.8, 4) is 17.2 Å². The first-order chi connectivity index (χ1) is 21.5. The second-order valence-electron chi connectivity index (χ2n) is 13.5. The first-order valence-electron chi connectivity index (χ1n) is 15.5. The van der Waals surface area contributed by atoms with Crippen LogP contribution >= 0.6 is 11.8 Å². The molecule has 0 radical (unpaired) electrons. The Kier molecular flexibility index (Phi) is 7.19. The molecule has 0 saturated carbocycles. The summed E-state index contributed by atoms with van der Waals surface area (Å²) in [6.07, 6.45) is 1.85. The molecule has 0 unspecified atom stereocenters. The summed E-state index contributed by atoms with van der Waals surface area (Å²) in [5.74, 6) is 1.30. The minimum Gasteiger partial charge on any atom is -0.503 e. The molecule has 0 bridgehead atoms. The molecule has 0 N–H and O–H groups in total. The van der Waals surface area contributed by atoms with E-state index in [9.17, 15) is 0 Å². The number of aromatic nitrogens is 2. The van der Waals surface area contributed by atoms with Gasteiger partial charge in [-0.25, -0.2) is 4.98 Å². The van der Waals surface area contributed by atoms with E-state index in [1.807, 2.05) is 36.2 Å². The second kappa shape index (κ2) is 10.7. The zero-order valence-electron chi connectivity index (χ0n) is 27.1. The summed E-state index contributed by atoms with van der Waals surface area (Å²) in [5.41, 5.74) is 9.63. The molecule has 1 aliphatic heterocycles. The quantitative estimate of drug-likeness (QED) is 0.167. The van der Waals surface area contributed by atoms with E-state index in [1.54, 1.807) is 0 Å². The molecule has 1 aliphatic carbocycles. The van der Waals surface area contributed by atoms with E-state index >= 15 is 0 Å². The summed E-state index contributed by atoms with van der Waals surface area (Å²) in [7, 11) is 0. The maximum absolute atomic E-state index is 6.55. The van der Waals surface area contributed by atoms with Crippen LogP contribution in [0.1, 0.15) is 61.1 Å². The second-order valence-corrected chi connectivity index (χ2v) is 14.9. The van der Waals surface area contributed by atoms with Gasteiger partial charge in [-0.3, -0.25) is 0 Å². The maximum Gasteiger partial charge on any atom is 2.00 e. The van der Waals surface area contributed by atoms with Crippen molar-refractivity contribution in [3.05, 3.63) is 131 Å². The van der Waals surface area contributed by atoms with Crippen LogP contribution in [0.2, 0.25) is 0 Å². The molecule has 3 heterocycles. The minimum atomic E-state index is -0.295. The van der Waals surface area contributed by atoms with Crippen LogP contribution in [0.15, 0.2) is 90.1 Å². The summed E-state index contributed by atoms with van der Waals surface area (Å²) >= 11 is 1.86. The fourth-order valence-electron chi connectivity index (χ4n) is 7.51. The molecule has 2 aromatic heterocycles. The van der Waals surface area contributed by atoms with Crippen LogP contribution in [0.5, 0.6) is 11.5 Å². The van der Waals surface area contributed by atoms with E-state index in [-0.39, 0.29) is 36.8 Å². The number of nitrogens with zero attached hydrogens (tertiary/aromatic N) is 3. The van der Waals surface area contributed by atoms with Crippen LogP contribution in [0.3, 0.4) is 0 Å². The Balaban J connectivity index is 0.00000338. The van der Waals surface area contributed by atoms with Gasteiger partial charge in [-0.2, -0.15) is 5.56 Å². The maximum atomic E-state index is 6.55. The zero-order chi connectivity index (χ0) is 31.3. The summed E-state index contributed by atoms with van der Waals surface area (Å²) in [5, 5.41) is 3.31.